The minimum Gasteiger partial charge on any atom is -0.314 e. The molecule has 2 rings (SSSR count). The Balaban J connectivity index is 1.88. The van der Waals surface area contributed by atoms with E-state index in [9.17, 15) is 0 Å². The summed E-state index contributed by atoms with van der Waals surface area (Å²) in [5.41, 5.74) is 0. The van der Waals surface area contributed by atoms with E-state index in [2.05, 4.69) is 19.2 Å². The zero-order valence-electron chi connectivity index (χ0n) is 10.5. The van der Waals surface area contributed by atoms with Crippen molar-refractivity contribution in [1.82, 2.24) is 5.32 Å². The molecule has 0 aliphatic heterocycles. The van der Waals surface area contributed by atoms with E-state index in [1.54, 1.807) is 0 Å². The average Bonchev–Trinajstić information content (AvgIpc) is 3.10. The third-order valence-electron chi connectivity index (χ3n) is 4.48. The van der Waals surface area contributed by atoms with Crippen LogP contribution in [0.1, 0.15) is 58.8 Å². The Hall–Kier alpha value is -0.0400. The normalized spacial score (nSPS) is 34.0. The van der Waals surface area contributed by atoms with Crippen molar-refractivity contribution in [3.63, 3.8) is 0 Å². The lowest BCUT2D eigenvalue weighted by Gasteiger charge is -2.35. The minimum atomic E-state index is 0.865. The fourth-order valence-electron chi connectivity index (χ4n) is 3.44. The summed E-state index contributed by atoms with van der Waals surface area (Å²) in [4.78, 5) is 0. The lowest BCUT2D eigenvalue weighted by Crippen LogP contribution is -2.40. The van der Waals surface area contributed by atoms with Crippen molar-refractivity contribution in [3.05, 3.63) is 0 Å². The summed E-state index contributed by atoms with van der Waals surface area (Å²) in [7, 11) is 0. The molecule has 0 radical (unpaired) electrons. The summed E-state index contributed by atoms with van der Waals surface area (Å²) >= 11 is 0. The summed E-state index contributed by atoms with van der Waals surface area (Å²) < 4.78 is 0. The second kappa shape index (κ2) is 5.34. The number of nitrogens with one attached hydrogen (secondary N) is 1. The lowest BCUT2D eigenvalue weighted by atomic mass is 9.75. The molecular weight excluding hydrogens is 182 g/mol. The molecule has 88 valence electrons. The van der Waals surface area contributed by atoms with Gasteiger partial charge in [-0.2, -0.15) is 0 Å². The van der Waals surface area contributed by atoms with E-state index < -0.39 is 0 Å². The molecule has 0 heterocycles. The van der Waals surface area contributed by atoms with E-state index in [4.69, 9.17) is 0 Å². The van der Waals surface area contributed by atoms with Gasteiger partial charge in [0.2, 0.25) is 0 Å². The van der Waals surface area contributed by atoms with Crippen LogP contribution in [0.3, 0.4) is 0 Å². The zero-order valence-corrected chi connectivity index (χ0v) is 10.5. The van der Waals surface area contributed by atoms with Gasteiger partial charge in [0.1, 0.15) is 0 Å². The van der Waals surface area contributed by atoms with Crippen LogP contribution in [0.25, 0.3) is 0 Å². The van der Waals surface area contributed by atoms with Gasteiger partial charge in [-0.3, -0.25) is 0 Å². The molecule has 0 aromatic rings. The molecule has 0 spiro atoms. The van der Waals surface area contributed by atoms with Crippen molar-refractivity contribution in [1.29, 1.82) is 0 Å². The highest BCUT2D eigenvalue weighted by Crippen LogP contribution is 2.42. The minimum absolute atomic E-state index is 0.865. The van der Waals surface area contributed by atoms with E-state index >= 15 is 0 Å². The molecular formula is C14H27N. The van der Waals surface area contributed by atoms with Crippen molar-refractivity contribution in [3.8, 4) is 0 Å². The van der Waals surface area contributed by atoms with E-state index in [0.717, 1.165) is 30.3 Å². The van der Waals surface area contributed by atoms with Crippen LogP contribution in [0.5, 0.6) is 0 Å². The average molecular weight is 209 g/mol. The van der Waals surface area contributed by atoms with E-state index in [0.29, 0.717) is 0 Å². The molecule has 2 aliphatic rings. The Kier molecular flexibility index (Phi) is 4.07. The van der Waals surface area contributed by atoms with Crippen LogP contribution in [0.4, 0.5) is 0 Å². The molecule has 2 fully saturated rings. The first-order chi connectivity index (χ1) is 7.35. The Morgan fingerprint density at radius 1 is 1.07 bits per heavy atom. The molecule has 3 unspecified atom stereocenters. The summed E-state index contributed by atoms with van der Waals surface area (Å²) in [6.07, 6.45) is 10.4. The third-order valence-corrected chi connectivity index (χ3v) is 4.48. The second-order valence-electron chi connectivity index (χ2n) is 5.62. The molecule has 0 aromatic heterocycles. The molecule has 0 amide bonds. The predicted molar refractivity (Wildman–Crippen MR) is 65.9 cm³/mol. The number of hydrogen-bond acceptors (Lipinski definition) is 1. The Morgan fingerprint density at radius 2 is 1.87 bits per heavy atom. The van der Waals surface area contributed by atoms with Gasteiger partial charge in [0.05, 0.1) is 0 Å². The maximum absolute atomic E-state index is 3.76. The Labute approximate surface area is 95.0 Å². The van der Waals surface area contributed by atoms with Gasteiger partial charge in [0.15, 0.2) is 0 Å². The van der Waals surface area contributed by atoms with Crippen LogP contribution in [-0.4, -0.2) is 12.6 Å². The Morgan fingerprint density at radius 3 is 2.47 bits per heavy atom. The highest BCUT2D eigenvalue weighted by atomic mass is 14.9. The van der Waals surface area contributed by atoms with Gasteiger partial charge in [-0.25, -0.2) is 0 Å². The van der Waals surface area contributed by atoms with Gasteiger partial charge in [-0.1, -0.05) is 33.1 Å². The smallest absolute Gasteiger partial charge is 0.0124 e. The van der Waals surface area contributed by atoms with Gasteiger partial charge in [-0.15, -0.1) is 0 Å². The van der Waals surface area contributed by atoms with E-state index in [1.165, 1.54) is 44.9 Å². The van der Waals surface area contributed by atoms with Gasteiger partial charge < -0.3 is 5.32 Å². The van der Waals surface area contributed by atoms with Gasteiger partial charge in [0.25, 0.3) is 0 Å². The summed E-state index contributed by atoms with van der Waals surface area (Å²) in [5.74, 6) is 3.06. The molecule has 2 aliphatic carbocycles. The lowest BCUT2D eigenvalue weighted by molar-refractivity contribution is 0.196. The van der Waals surface area contributed by atoms with Crippen LogP contribution in [0.15, 0.2) is 0 Å². The first-order valence-electron chi connectivity index (χ1n) is 7.08. The summed E-state index contributed by atoms with van der Waals surface area (Å²) in [6.45, 7) is 5.79. The summed E-state index contributed by atoms with van der Waals surface area (Å²) in [6, 6.07) is 0.865. The molecule has 0 bridgehead atoms. The predicted octanol–water partition coefficient (Wildman–Crippen LogP) is 3.59. The fraction of sp³-hybridized carbons (Fsp3) is 1.00. The molecule has 0 saturated heterocycles. The van der Waals surface area contributed by atoms with Crippen molar-refractivity contribution < 1.29 is 0 Å². The number of hydrogen-bond donors (Lipinski definition) is 1. The molecule has 2 saturated carbocycles. The molecule has 1 heteroatoms. The van der Waals surface area contributed by atoms with Gasteiger partial charge in [-0.05, 0) is 50.0 Å². The maximum Gasteiger partial charge on any atom is 0.0124 e. The molecule has 0 aromatic carbocycles. The Bertz CT molecular complexity index is 186. The first kappa shape index (κ1) is 11.4. The zero-order chi connectivity index (χ0) is 10.7. The van der Waals surface area contributed by atoms with Crippen molar-refractivity contribution >= 4 is 0 Å². The van der Waals surface area contributed by atoms with E-state index in [-0.39, 0.29) is 0 Å². The SMILES string of the molecule is CCNC(C1CC1)C1CCCC(CC)C1. The van der Waals surface area contributed by atoms with Crippen molar-refractivity contribution in [2.24, 2.45) is 17.8 Å². The van der Waals surface area contributed by atoms with Gasteiger partial charge in [0, 0.05) is 6.04 Å². The van der Waals surface area contributed by atoms with Crippen LogP contribution < -0.4 is 5.32 Å². The van der Waals surface area contributed by atoms with Crippen LogP contribution in [-0.2, 0) is 0 Å². The van der Waals surface area contributed by atoms with Crippen LogP contribution in [0, 0.1) is 17.8 Å². The third kappa shape index (κ3) is 2.96. The first-order valence-corrected chi connectivity index (χ1v) is 7.08. The van der Waals surface area contributed by atoms with Crippen molar-refractivity contribution in [2.45, 2.75) is 64.8 Å². The second-order valence-corrected chi connectivity index (χ2v) is 5.62. The highest BCUT2D eigenvalue weighted by Gasteiger charge is 2.37. The molecule has 15 heavy (non-hydrogen) atoms. The van der Waals surface area contributed by atoms with Crippen LogP contribution >= 0.6 is 0 Å². The van der Waals surface area contributed by atoms with Crippen LogP contribution in [0.2, 0.25) is 0 Å². The molecule has 1 N–H and O–H groups in total. The van der Waals surface area contributed by atoms with Gasteiger partial charge >= 0.3 is 0 Å². The standard InChI is InChI=1S/C14H27N/c1-3-11-6-5-7-13(10-11)14(15-4-2)12-8-9-12/h11-15H,3-10H2,1-2H3. The molecule has 3 atom stereocenters. The van der Waals surface area contributed by atoms with E-state index in [1.807, 2.05) is 0 Å². The number of rotatable bonds is 5. The summed E-state index contributed by atoms with van der Waals surface area (Å²) in [5, 5.41) is 3.76. The largest absolute Gasteiger partial charge is 0.314 e. The maximum atomic E-state index is 3.76. The quantitative estimate of drug-likeness (QED) is 0.729. The highest BCUT2D eigenvalue weighted by molar-refractivity contribution is 4.92. The van der Waals surface area contributed by atoms with Crippen molar-refractivity contribution in [2.75, 3.05) is 6.54 Å². The molecule has 1 nitrogen and oxygen atoms in total. The topological polar surface area (TPSA) is 12.0 Å². The fourth-order valence-corrected chi connectivity index (χ4v) is 3.44. The monoisotopic (exact) mass is 209 g/mol.